The Kier molecular flexibility index (Phi) is 14.2. The lowest BCUT2D eigenvalue weighted by molar-refractivity contribution is -0.152. The van der Waals surface area contributed by atoms with Gasteiger partial charge in [-0.15, -0.1) is 0 Å². The summed E-state index contributed by atoms with van der Waals surface area (Å²) in [5.74, 6) is 0.712. The van der Waals surface area contributed by atoms with E-state index < -0.39 is 6.09 Å². The standard InChI is InChI=1S/C33H48N2O5/c1-3-4-5-6-7-8-9-10-11-12-13-14-15-16-17-18-32(36)39-26-40-33(37)35-22-21-27(25-35)30-24-34-31-20-19-28(38-2)23-29(30)31/h7-8,10-11,19-20,23-24,27,34H,3-6,9,12-18,21-22,25-26H2,1-2H3/b8-7-,11-10-/t27-/m1/s1. The molecule has 0 spiro atoms. The molecule has 1 saturated heterocycles. The minimum absolute atomic E-state index is 0.217. The lowest BCUT2D eigenvalue weighted by Crippen LogP contribution is -2.30. The normalized spacial score (nSPS) is 15.4. The maximum Gasteiger partial charge on any atom is 0.412 e. The predicted molar refractivity (Wildman–Crippen MR) is 161 cm³/mol. The second-order valence-electron chi connectivity index (χ2n) is 10.6. The van der Waals surface area contributed by atoms with Crippen LogP contribution in [0.3, 0.4) is 0 Å². The van der Waals surface area contributed by atoms with Gasteiger partial charge < -0.3 is 24.1 Å². The first-order chi connectivity index (χ1) is 19.6. The highest BCUT2D eigenvalue weighted by Crippen LogP contribution is 2.34. The second kappa shape index (κ2) is 18.2. The van der Waals surface area contributed by atoms with E-state index in [-0.39, 0.29) is 18.7 Å². The number of esters is 1. The summed E-state index contributed by atoms with van der Waals surface area (Å²) in [5, 5.41) is 1.11. The van der Waals surface area contributed by atoms with Crippen molar-refractivity contribution in [3.05, 3.63) is 54.3 Å². The third kappa shape index (κ3) is 10.7. The van der Waals surface area contributed by atoms with Crippen LogP contribution in [-0.4, -0.2) is 48.9 Å². The van der Waals surface area contributed by atoms with Gasteiger partial charge in [0.25, 0.3) is 0 Å². The fraction of sp³-hybridized carbons (Fsp3) is 0.576. The van der Waals surface area contributed by atoms with Gasteiger partial charge in [-0.2, -0.15) is 0 Å². The second-order valence-corrected chi connectivity index (χ2v) is 10.6. The number of nitrogens with zero attached hydrogens (tertiary/aromatic N) is 1. The van der Waals surface area contributed by atoms with Crippen LogP contribution >= 0.6 is 0 Å². The van der Waals surface area contributed by atoms with E-state index in [0.29, 0.717) is 19.5 Å². The number of aromatic nitrogens is 1. The SMILES string of the molecule is CCCCC/C=C\C/C=C\CCCCCCCC(=O)OCOC(=O)N1CC[C@@H](c2c[nH]c3ccc(OC)cc23)C1. The van der Waals surface area contributed by atoms with Gasteiger partial charge in [-0.3, -0.25) is 4.79 Å². The Balaban J connectivity index is 1.19. The summed E-state index contributed by atoms with van der Waals surface area (Å²) < 4.78 is 15.7. The number of carbonyl (C=O) groups excluding carboxylic acids is 2. The maximum absolute atomic E-state index is 12.5. The molecule has 0 bridgehead atoms. The number of nitrogens with one attached hydrogen (secondary N) is 1. The van der Waals surface area contributed by atoms with Crippen molar-refractivity contribution in [2.24, 2.45) is 0 Å². The molecule has 0 unspecified atom stereocenters. The van der Waals surface area contributed by atoms with Crippen LogP contribution < -0.4 is 4.74 Å². The third-order valence-electron chi connectivity index (χ3n) is 7.54. The number of rotatable bonds is 18. The fourth-order valence-corrected chi connectivity index (χ4v) is 5.16. The molecule has 1 N–H and O–H groups in total. The molecule has 1 aromatic heterocycles. The van der Waals surface area contributed by atoms with Gasteiger partial charge in [0.15, 0.2) is 0 Å². The van der Waals surface area contributed by atoms with Crippen molar-refractivity contribution in [3.8, 4) is 5.75 Å². The lowest BCUT2D eigenvalue weighted by Gasteiger charge is -2.16. The summed E-state index contributed by atoms with van der Waals surface area (Å²) >= 11 is 0. The zero-order valence-corrected chi connectivity index (χ0v) is 24.5. The molecule has 2 aromatic rings. The molecule has 40 heavy (non-hydrogen) atoms. The number of unbranched alkanes of at least 4 members (excludes halogenated alkanes) is 8. The molecule has 1 amide bonds. The van der Waals surface area contributed by atoms with E-state index in [1.807, 2.05) is 24.4 Å². The van der Waals surface area contributed by atoms with E-state index in [9.17, 15) is 9.59 Å². The molecule has 220 valence electrons. The van der Waals surface area contributed by atoms with Crippen LogP contribution in [0.2, 0.25) is 0 Å². The molecule has 0 aliphatic carbocycles. The number of hydrogen-bond acceptors (Lipinski definition) is 5. The van der Waals surface area contributed by atoms with E-state index in [4.69, 9.17) is 14.2 Å². The topological polar surface area (TPSA) is 80.9 Å². The largest absolute Gasteiger partial charge is 0.497 e. The summed E-state index contributed by atoms with van der Waals surface area (Å²) in [5.41, 5.74) is 2.22. The van der Waals surface area contributed by atoms with Crippen molar-refractivity contribution in [1.29, 1.82) is 0 Å². The van der Waals surface area contributed by atoms with Crippen LogP contribution in [0.25, 0.3) is 10.9 Å². The quantitative estimate of drug-likeness (QED) is 0.0869. The Morgan fingerprint density at radius 2 is 1.73 bits per heavy atom. The van der Waals surface area contributed by atoms with Gasteiger partial charge >= 0.3 is 12.1 Å². The van der Waals surface area contributed by atoms with Crippen LogP contribution in [0.15, 0.2) is 48.7 Å². The van der Waals surface area contributed by atoms with Gasteiger partial charge in [0.1, 0.15) is 5.75 Å². The number of ether oxygens (including phenoxy) is 3. The lowest BCUT2D eigenvalue weighted by atomic mass is 9.98. The maximum atomic E-state index is 12.5. The molecule has 2 heterocycles. The molecule has 3 rings (SSSR count). The number of likely N-dealkylation sites (tertiary alicyclic amines) is 1. The molecular weight excluding hydrogens is 504 g/mol. The summed E-state index contributed by atoms with van der Waals surface area (Å²) in [6, 6.07) is 5.95. The number of fused-ring (bicyclic) bond motifs is 1. The molecule has 1 fully saturated rings. The summed E-state index contributed by atoms with van der Waals surface area (Å²) in [6.45, 7) is 3.09. The Labute approximate surface area is 239 Å². The summed E-state index contributed by atoms with van der Waals surface area (Å²) in [4.78, 5) is 29.5. The van der Waals surface area contributed by atoms with Crippen molar-refractivity contribution < 1.29 is 23.8 Å². The van der Waals surface area contributed by atoms with Gasteiger partial charge in [0.2, 0.25) is 6.79 Å². The Hall–Kier alpha value is -3.22. The van der Waals surface area contributed by atoms with Crippen LogP contribution in [0, 0.1) is 0 Å². The molecule has 7 nitrogen and oxygen atoms in total. The number of carbonyl (C=O) groups is 2. The van der Waals surface area contributed by atoms with E-state index in [1.54, 1.807) is 12.0 Å². The van der Waals surface area contributed by atoms with E-state index in [0.717, 1.165) is 55.2 Å². The predicted octanol–water partition coefficient (Wildman–Crippen LogP) is 8.42. The Morgan fingerprint density at radius 3 is 2.50 bits per heavy atom. The molecule has 7 heteroatoms. The average molecular weight is 553 g/mol. The van der Waals surface area contributed by atoms with E-state index >= 15 is 0 Å². The highest BCUT2D eigenvalue weighted by Gasteiger charge is 2.30. The molecule has 1 aliphatic rings. The fourth-order valence-electron chi connectivity index (χ4n) is 5.16. The number of hydrogen-bond donors (Lipinski definition) is 1. The minimum atomic E-state index is -0.440. The minimum Gasteiger partial charge on any atom is -0.497 e. The van der Waals surface area contributed by atoms with Crippen molar-refractivity contribution in [3.63, 3.8) is 0 Å². The van der Waals surface area contributed by atoms with Crippen LogP contribution in [0.1, 0.15) is 102 Å². The number of methoxy groups -OCH3 is 1. The highest BCUT2D eigenvalue weighted by molar-refractivity contribution is 5.85. The summed E-state index contributed by atoms with van der Waals surface area (Å²) in [6.07, 6.45) is 24.4. The average Bonchev–Trinajstić information content (AvgIpc) is 3.62. The Morgan fingerprint density at radius 1 is 0.975 bits per heavy atom. The Bertz CT molecular complexity index is 1090. The molecule has 1 aliphatic heterocycles. The van der Waals surface area contributed by atoms with Gasteiger partial charge in [0, 0.05) is 42.5 Å². The van der Waals surface area contributed by atoms with E-state index in [1.165, 1.54) is 44.1 Å². The first-order valence-electron chi connectivity index (χ1n) is 15.1. The van der Waals surface area contributed by atoms with Crippen LogP contribution in [0.5, 0.6) is 5.75 Å². The molecule has 0 radical (unpaired) electrons. The number of amides is 1. The third-order valence-corrected chi connectivity index (χ3v) is 7.54. The molecular formula is C33H48N2O5. The van der Waals surface area contributed by atoms with Crippen molar-refractivity contribution in [2.75, 3.05) is 27.0 Å². The van der Waals surface area contributed by atoms with Crippen molar-refractivity contribution in [1.82, 2.24) is 9.88 Å². The number of allylic oxidation sites excluding steroid dienone is 4. The first-order valence-corrected chi connectivity index (χ1v) is 15.1. The highest BCUT2D eigenvalue weighted by atomic mass is 16.7. The van der Waals surface area contributed by atoms with Gasteiger partial charge in [-0.25, -0.2) is 4.79 Å². The van der Waals surface area contributed by atoms with Crippen molar-refractivity contribution in [2.45, 2.75) is 96.3 Å². The first kappa shape index (κ1) is 31.3. The van der Waals surface area contributed by atoms with Crippen LogP contribution in [0.4, 0.5) is 4.79 Å². The van der Waals surface area contributed by atoms with Gasteiger partial charge in [-0.1, -0.05) is 63.3 Å². The molecule has 1 aromatic carbocycles. The van der Waals surface area contributed by atoms with E-state index in [2.05, 4.69) is 36.2 Å². The molecule has 0 saturated carbocycles. The zero-order chi connectivity index (χ0) is 28.4. The zero-order valence-electron chi connectivity index (χ0n) is 24.5. The smallest absolute Gasteiger partial charge is 0.412 e. The van der Waals surface area contributed by atoms with Gasteiger partial charge in [-0.05, 0) is 68.7 Å². The number of benzene rings is 1. The van der Waals surface area contributed by atoms with Crippen molar-refractivity contribution >= 4 is 23.0 Å². The van der Waals surface area contributed by atoms with Crippen LogP contribution in [-0.2, 0) is 14.3 Å². The molecule has 1 atom stereocenters. The number of aromatic amines is 1. The number of H-pyrrole nitrogens is 1. The monoisotopic (exact) mass is 552 g/mol. The summed E-state index contributed by atoms with van der Waals surface area (Å²) in [7, 11) is 1.66. The van der Waals surface area contributed by atoms with Gasteiger partial charge in [0.05, 0.1) is 7.11 Å².